The molecule has 0 spiro atoms. The smallest absolute Gasteiger partial charge is 0.228 e. The van der Waals surface area contributed by atoms with Crippen molar-refractivity contribution < 1.29 is 23.8 Å². The second-order valence-corrected chi connectivity index (χ2v) is 9.69. The third-order valence-corrected chi connectivity index (χ3v) is 7.73. The highest BCUT2D eigenvalue weighted by Crippen LogP contribution is 2.43. The van der Waals surface area contributed by atoms with Crippen LogP contribution in [0.3, 0.4) is 0 Å². The fourth-order valence-corrected chi connectivity index (χ4v) is 5.93. The standard InChI is InChI=1S/C27H28N2O5S/c1-32-20-7-4-6-19(14-20)29-16-18(13-25(29)30)27(31)28-10-9-17-12-22(33-2)23(34-3)15-21(17)26(28)24-8-5-11-35-24/h4-8,11-12,14-15,18,26H,9-10,13,16H2,1-3H3. The molecule has 1 aromatic heterocycles. The molecule has 2 aliphatic heterocycles. The van der Waals surface area contributed by atoms with E-state index in [0.717, 1.165) is 21.7 Å². The molecule has 2 aromatic carbocycles. The van der Waals surface area contributed by atoms with Gasteiger partial charge in [0.05, 0.1) is 33.3 Å². The molecule has 7 nitrogen and oxygen atoms in total. The number of nitrogens with zero attached hydrogens (tertiary/aromatic N) is 2. The van der Waals surface area contributed by atoms with Crippen molar-refractivity contribution in [2.45, 2.75) is 18.9 Å². The van der Waals surface area contributed by atoms with Crippen molar-refractivity contribution in [2.24, 2.45) is 5.92 Å². The van der Waals surface area contributed by atoms with Gasteiger partial charge in [-0.1, -0.05) is 12.1 Å². The number of methoxy groups -OCH3 is 3. The first-order valence-corrected chi connectivity index (χ1v) is 12.4. The highest BCUT2D eigenvalue weighted by molar-refractivity contribution is 7.10. The van der Waals surface area contributed by atoms with Crippen LogP contribution in [-0.4, -0.2) is 51.1 Å². The van der Waals surface area contributed by atoms with Gasteiger partial charge in [-0.2, -0.15) is 0 Å². The molecule has 35 heavy (non-hydrogen) atoms. The number of carbonyl (C=O) groups is 2. The summed E-state index contributed by atoms with van der Waals surface area (Å²) in [6, 6.07) is 15.2. The SMILES string of the molecule is COc1cccc(N2CC(C(=O)N3CCc4cc(OC)c(OC)cc4C3c3cccs3)CC2=O)c1. The van der Waals surface area contributed by atoms with Gasteiger partial charge < -0.3 is 24.0 Å². The van der Waals surface area contributed by atoms with Crippen LogP contribution in [0.5, 0.6) is 17.2 Å². The Morgan fingerprint density at radius 1 is 1.00 bits per heavy atom. The largest absolute Gasteiger partial charge is 0.497 e. The summed E-state index contributed by atoms with van der Waals surface area (Å²) in [6.45, 7) is 0.936. The molecule has 1 fully saturated rings. The molecule has 3 heterocycles. The number of carbonyl (C=O) groups excluding carboxylic acids is 2. The summed E-state index contributed by atoms with van der Waals surface area (Å²) in [5.41, 5.74) is 2.93. The van der Waals surface area contributed by atoms with Gasteiger partial charge in [-0.3, -0.25) is 9.59 Å². The highest BCUT2D eigenvalue weighted by Gasteiger charge is 2.41. The fourth-order valence-electron chi connectivity index (χ4n) is 5.07. The van der Waals surface area contributed by atoms with Crippen molar-refractivity contribution in [3.05, 3.63) is 69.9 Å². The van der Waals surface area contributed by atoms with E-state index in [-0.39, 0.29) is 24.3 Å². The summed E-state index contributed by atoms with van der Waals surface area (Å²) in [5.74, 6) is 1.56. The van der Waals surface area contributed by atoms with Crippen LogP contribution in [0.2, 0.25) is 0 Å². The molecule has 8 heteroatoms. The molecule has 1 saturated heterocycles. The lowest BCUT2D eigenvalue weighted by atomic mass is 9.89. The minimum absolute atomic E-state index is 0.00239. The summed E-state index contributed by atoms with van der Waals surface area (Å²) < 4.78 is 16.4. The molecule has 0 aliphatic carbocycles. The van der Waals surface area contributed by atoms with Crippen LogP contribution >= 0.6 is 11.3 Å². The van der Waals surface area contributed by atoms with E-state index < -0.39 is 5.92 Å². The van der Waals surface area contributed by atoms with E-state index in [2.05, 4.69) is 6.07 Å². The number of hydrogen-bond acceptors (Lipinski definition) is 6. The summed E-state index contributed by atoms with van der Waals surface area (Å²) in [4.78, 5) is 31.5. The lowest BCUT2D eigenvalue weighted by Crippen LogP contribution is -2.44. The minimum atomic E-state index is -0.405. The first-order chi connectivity index (χ1) is 17.0. The molecule has 2 unspecified atom stereocenters. The van der Waals surface area contributed by atoms with Gasteiger partial charge in [0.15, 0.2) is 11.5 Å². The number of amides is 2. The van der Waals surface area contributed by atoms with E-state index in [1.54, 1.807) is 37.6 Å². The molecule has 0 saturated carbocycles. The Labute approximate surface area is 208 Å². The van der Waals surface area contributed by atoms with Crippen LogP contribution in [0, 0.1) is 5.92 Å². The first-order valence-electron chi connectivity index (χ1n) is 11.6. The molecule has 0 bridgehead atoms. The Balaban J connectivity index is 1.46. The van der Waals surface area contributed by atoms with E-state index in [1.165, 1.54) is 0 Å². The molecular formula is C27H28N2O5S. The fraction of sp³-hybridized carbons (Fsp3) is 0.333. The maximum Gasteiger partial charge on any atom is 0.228 e. The van der Waals surface area contributed by atoms with Crippen molar-refractivity contribution in [2.75, 3.05) is 39.3 Å². The number of ether oxygens (including phenoxy) is 3. The zero-order chi connectivity index (χ0) is 24.5. The number of fused-ring (bicyclic) bond motifs is 1. The lowest BCUT2D eigenvalue weighted by Gasteiger charge is -2.38. The molecule has 0 radical (unpaired) electrons. The van der Waals surface area contributed by atoms with Gasteiger partial charge in [-0.25, -0.2) is 0 Å². The Kier molecular flexibility index (Phi) is 6.38. The summed E-state index contributed by atoms with van der Waals surface area (Å²) in [6.07, 6.45) is 0.909. The van der Waals surface area contributed by atoms with Gasteiger partial charge in [0.25, 0.3) is 0 Å². The third kappa shape index (κ3) is 4.23. The Morgan fingerprint density at radius 3 is 2.51 bits per heavy atom. The number of hydrogen-bond donors (Lipinski definition) is 0. The molecule has 2 amide bonds. The number of rotatable bonds is 6. The molecule has 182 valence electrons. The van der Waals surface area contributed by atoms with Crippen LogP contribution in [-0.2, 0) is 16.0 Å². The molecule has 0 N–H and O–H groups in total. The predicted molar refractivity (Wildman–Crippen MR) is 135 cm³/mol. The Morgan fingerprint density at radius 2 is 1.80 bits per heavy atom. The van der Waals surface area contributed by atoms with E-state index >= 15 is 0 Å². The molecule has 5 rings (SSSR count). The Hall–Kier alpha value is -3.52. The number of benzene rings is 2. The zero-order valence-corrected chi connectivity index (χ0v) is 20.8. The van der Waals surface area contributed by atoms with E-state index in [1.807, 2.05) is 52.7 Å². The van der Waals surface area contributed by atoms with E-state index in [4.69, 9.17) is 14.2 Å². The monoisotopic (exact) mass is 492 g/mol. The van der Waals surface area contributed by atoms with Crippen LogP contribution in [0.25, 0.3) is 0 Å². The maximum atomic E-state index is 13.9. The summed E-state index contributed by atoms with van der Waals surface area (Å²) in [7, 11) is 4.85. The van der Waals surface area contributed by atoms with Gasteiger partial charge in [0.1, 0.15) is 5.75 Å². The lowest BCUT2D eigenvalue weighted by molar-refractivity contribution is -0.137. The second kappa shape index (κ2) is 9.62. The van der Waals surface area contributed by atoms with Gasteiger partial charge in [-0.15, -0.1) is 11.3 Å². The van der Waals surface area contributed by atoms with E-state index in [9.17, 15) is 9.59 Å². The third-order valence-electron chi connectivity index (χ3n) is 6.81. The van der Waals surface area contributed by atoms with Crippen LogP contribution in [0.1, 0.15) is 28.5 Å². The van der Waals surface area contributed by atoms with Crippen molar-refractivity contribution in [3.8, 4) is 17.2 Å². The van der Waals surface area contributed by atoms with Crippen LogP contribution in [0.15, 0.2) is 53.9 Å². The molecule has 2 atom stereocenters. The van der Waals surface area contributed by atoms with Crippen LogP contribution < -0.4 is 19.1 Å². The quantitative estimate of drug-likeness (QED) is 0.513. The molecular weight excluding hydrogens is 464 g/mol. The van der Waals surface area contributed by atoms with Gasteiger partial charge in [-0.05, 0) is 53.3 Å². The summed E-state index contributed by atoms with van der Waals surface area (Å²) >= 11 is 1.62. The van der Waals surface area contributed by atoms with Gasteiger partial charge in [0.2, 0.25) is 11.8 Å². The first kappa shape index (κ1) is 23.2. The topological polar surface area (TPSA) is 68.3 Å². The number of thiophene rings is 1. The zero-order valence-electron chi connectivity index (χ0n) is 20.0. The second-order valence-electron chi connectivity index (χ2n) is 8.71. The average Bonchev–Trinajstić information content (AvgIpc) is 3.56. The minimum Gasteiger partial charge on any atom is -0.497 e. The van der Waals surface area contributed by atoms with E-state index in [0.29, 0.717) is 36.8 Å². The van der Waals surface area contributed by atoms with Crippen molar-refractivity contribution >= 4 is 28.8 Å². The van der Waals surface area contributed by atoms with Crippen molar-refractivity contribution in [3.63, 3.8) is 0 Å². The summed E-state index contributed by atoms with van der Waals surface area (Å²) in [5, 5.41) is 2.02. The average molecular weight is 493 g/mol. The Bertz CT molecular complexity index is 1240. The molecule has 2 aliphatic rings. The predicted octanol–water partition coefficient (Wildman–Crippen LogP) is 4.30. The van der Waals surface area contributed by atoms with Crippen molar-refractivity contribution in [1.82, 2.24) is 4.90 Å². The highest BCUT2D eigenvalue weighted by atomic mass is 32.1. The van der Waals surface area contributed by atoms with Crippen molar-refractivity contribution in [1.29, 1.82) is 0 Å². The van der Waals surface area contributed by atoms with Gasteiger partial charge >= 0.3 is 0 Å². The van der Waals surface area contributed by atoms with Gasteiger partial charge in [0, 0.05) is 36.1 Å². The number of anilines is 1. The maximum absolute atomic E-state index is 13.9. The van der Waals surface area contributed by atoms with Crippen LogP contribution in [0.4, 0.5) is 5.69 Å². The molecule has 3 aromatic rings. The normalized spacial score (nSPS) is 19.5.